The van der Waals surface area contributed by atoms with Gasteiger partial charge in [-0.25, -0.2) is 4.98 Å². The monoisotopic (exact) mass is 267 g/mol. The molecule has 0 saturated heterocycles. The number of aryl methyl sites for hydroxylation is 1. The van der Waals surface area contributed by atoms with Gasteiger partial charge in [0.25, 0.3) is 0 Å². The number of nitrogens with zero attached hydrogens (tertiary/aromatic N) is 2. The molecule has 0 radical (unpaired) electrons. The lowest BCUT2D eigenvalue weighted by Gasteiger charge is -2.23. The van der Waals surface area contributed by atoms with Crippen molar-refractivity contribution in [2.45, 2.75) is 31.8 Å². The topological polar surface area (TPSA) is 69.4 Å². The van der Waals surface area contributed by atoms with Crippen LogP contribution in [0.25, 0.3) is 10.9 Å². The molecule has 0 bridgehead atoms. The van der Waals surface area contributed by atoms with E-state index in [0.717, 1.165) is 18.8 Å². The van der Waals surface area contributed by atoms with Crippen molar-refractivity contribution in [1.29, 1.82) is 0 Å². The van der Waals surface area contributed by atoms with Crippen molar-refractivity contribution in [1.82, 2.24) is 25.5 Å². The Kier molecular flexibility index (Phi) is 2.77. The maximum absolute atomic E-state index is 4.16. The molecule has 1 aromatic carbocycles. The molecule has 0 aliphatic heterocycles. The molecule has 2 heterocycles. The maximum atomic E-state index is 4.16. The Morgan fingerprint density at radius 1 is 1.30 bits per heavy atom. The average Bonchev–Trinajstić information content (AvgIpc) is 3.12. The lowest BCUT2D eigenvalue weighted by molar-refractivity contribution is 0.447. The van der Waals surface area contributed by atoms with Gasteiger partial charge in [0.05, 0.1) is 6.54 Å². The lowest BCUT2D eigenvalue weighted by Crippen LogP contribution is -2.25. The summed E-state index contributed by atoms with van der Waals surface area (Å²) in [4.78, 5) is 7.75. The van der Waals surface area contributed by atoms with Crippen LogP contribution in [0.15, 0.2) is 30.6 Å². The summed E-state index contributed by atoms with van der Waals surface area (Å²) in [5.74, 6) is 0.883. The first-order chi connectivity index (χ1) is 9.92. The van der Waals surface area contributed by atoms with Gasteiger partial charge in [0.1, 0.15) is 12.2 Å². The van der Waals surface area contributed by atoms with E-state index in [0.29, 0.717) is 6.04 Å². The first-order valence-corrected chi connectivity index (χ1v) is 7.09. The Morgan fingerprint density at radius 3 is 3.15 bits per heavy atom. The third-order valence-corrected chi connectivity index (χ3v) is 4.10. The van der Waals surface area contributed by atoms with Crippen LogP contribution in [-0.2, 0) is 13.0 Å². The van der Waals surface area contributed by atoms with E-state index in [-0.39, 0.29) is 0 Å². The zero-order valence-corrected chi connectivity index (χ0v) is 11.2. The summed E-state index contributed by atoms with van der Waals surface area (Å²) >= 11 is 0. The Hall–Kier alpha value is -2.14. The number of rotatable bonds is 3. The number of fused-ring (bicyclic) bond motifs is 3. The minimum atomic E-state index is 0.372. The van der Waals surface area contributed by atoms with Crippen LogP contribution in [0.4, 0.5) is 0 Å². The third-order valence-electron chi connectivity index (χ3n) is 4.10. The van der Waals surface area contributed by atoms with Crippen molar-refractivity contribution in [2.75, 3.05) is 0 Å². The van der Waals surface area contributed by atoms with Gasteiger partial charge >= 0.3 is 0 Å². The van der Waals surface area contributed by atoms with Crippen molar-refractivity contribution >= 4 is 10.9 Å². The molecule has 1 unspecified atom stereocenters. The average molecular weight is 267 g/mol. The number of benzene rings is 1. The summed E-state index contributed by atoms with van der Waals surface area (Å²) in [6.45, 7) is 0.722. The van der Waals surface area contributed by atoms with Gasteiger partial charge in [-0.3, -0.25) is 5.10 Å². The molecule has 0 spiro atoms. The standard InChI is InChI=1S/C15H17N5/c1-2-6-12-10(4-1)11-5-3-7-13(15(11)19-12)16-8-14-17-9-18-20-14/h1-2,4,6,9,13,16,19H,3,5,7-8H2,(H,17,18,20). The van der Waals surface area contributed by atoms with E-state index in [1.165, 1.54) is 35.0 Å². The largest absolute Gasteiger partial charge is 0.357 e. The predicted octanol–water partition coefficient (Wildman–Crippen LogP) is 2.45. The van der Waals surface area contributed by atoms with E-state index in [2.05, 4.69) is 49.7 Å². The van der Waals surface area contributed by atoms with Gasteiger partial charge in [-0.05, 0) is 30.9 Å². The molecule has 20 heavy (non-hydrogen) atoms. The van der Waals surface area contributed by atoms with E-state index >= 15 is 0 Å². The number of para-hydroxylation sites is 1. The van der Waals surface area contributed by atoms with Gasteiger partial charge < -0.3 is 10.3 Å². The van der Waals surface area contributed by atoms with Crippen molar-refractivity contribution in [3.63, 3.8) is 0 Å². The van der Waals surface area contributed by atoms with E-state index < -0.39 is 0 Å². The molecule has 3 N–H and O–H groups in total. The molecule has 4 rings (SSSR count). The fourth-order valence-electron chi connectivity index (χ4n) is 3.15. The van der Waals surface area contributed by atoms with Crippen molar-refractivity contribution in [2.24, 2.45) is 0 Å². The molecule has 0 fully saturated rings. The molecular formula is C15H17N5. The van der Waals surface area contributed by atoms with Crippen LogP contribution in [-0.4, -0.2) is 20.2 Å². The van der Waals surface area contributed by atoms with E-state index in [9.17, 15) is 0 Å². The van der Waals surface area contributed by atoms with E-state index in [1.54, 1.807) is 6.33 Å². The third kappa shape index (κ3) is 1.91. The van der Waals surface area contributed by atoms with Crippen molar-refractivity contribution in [3.8, 4) is 0 Å². The van der Waals surface area contributed by atoms with Crippen LogP contribution in [0, 0.1) is 0 Å². The summed E-state index contributed by atoms with van der Waals surface area (Å²) in [7, 11) is 0. The van der Waals surface area contributed by atoms with Crippen LogP contribution in [0.3, 0.4) is 0 Å². The molecule has 0 saturated carbocycles. The summed E-state index contributed by atoms with van der Waals surface area (Å²) in [5, 5.41) is 11.7. The Labute approximate surface area is 116 Å². The SMILES string of the molecule is c1ccc2c3c([nH]c2c1)C(NCc1ncn[nH]1)CCC3. The van der Waals surface area contributed by atoms with Gasteiger partial charge in [-0.15, -0.1) is 0 Å². The number of H-pyrrole nitrogens is 2. The second-order valence-electron chi connectivity index (χ2n) is 5.32. The first-order valence-electron chi connectivity index (χ1n) is 7.09. The highest BCUT2D eigenvalue weighted by Gasteiger charge is 2.23. The van der Waals surface area contributed by atoms with Crippen molar-refractivity contribution < 1.29 is 0 Å². The molecule has 1 atom stereocenters. The minimum absolute atomic E-state index is 0.372. The molecular weight excluding hydrogens is 250 g/mol. The first kappa shape index (κ1) is 11.7. The normalized spacial score (nSPS) is 18.3. The molecule has 2 aromatic heterocycles. The number of aromatic amines is 2. The second kappa shape index (κ2) is 4.76. The lowest BCUT2D eigenvalue weighted by atomic mass is 9.92. The number of hydrogen-bond donors (Lipinski definition) is 3. The number of hydrogen-bond acceptors (Lipinski definition) is 3. The molecule has 1 aliphatic rings. The van der Waals surface area contributed by atoms with E-state index in [4.69, 9.17) is 0 Å². The smallest absolute Gasteiger partial charge is 0.138 e. The molecule has 3 aromatic rings. The van der Waals surface area contributed by atoms with Crippen molar-refractivity contribution in [3.05, 3.63) is 47.7 Å². The molecule has 1 aliphatic carbocycles. The second-order valence-corrected chi connectivity index (χ2v) is 5.32. The summed E-state index contributed by atoms with van der Waals surface area (Å²) in [5.41, 5.74) is 4.06. The van der Waals surface area contributed by atoms with Gasteiger partial charge in [0.2, 0.25) is 0 Å². The summed E-state index contributed by atoms with van der Waals surface area (Å²) < 4.78 is 0. The van der Waals surface area contributed by atoms with Crippen LogP contribution >= 0.6 is 0 Å². The van der Waals surface area contributed by atoms with Gasteiger partial charge in [0, 0.05) is 22.6 Å². The summed E-state index contributed by atoms with van der Waals surface area (Å²) in [6.07, 6.45) is 5.10. The zero-order chi connectivity index (χ0) is 13.4. The van der Waals surface area contributed by atoms with Crippen LogP contribution in [0.5, 0.6) is 0 Å². The number of aromatic nitrogens is 4. The van der Waals surface area contributed by atoms with Crippen LogP contribution in [0.2, 0.25) is 0 Å². The Morgan fingerprint density at radius 2 is 2.25 bits per heavy atom. The quantitative estimate of drug-likeness (QED) is 0.682. The van der Waals surface area contributed by atoms with Gasteiger partial charge in [0.15, 0.2) is 0 Å². The number of nitrogens with one attached hydrogen (secondary N) is 3. The highest BCUT2D eigenvalue weighted by atomic mass is 15.2. The maximum Gasteiger partial charge on any atom is 0.138 e. The zero-order valence-electron chi connectivity index (χ0n) is 11.2. The Balaban J connectivity index is 1.64. The molecule has 0 amide bonds. The van der Waals surface area contributed by atoms with E-state index in [1.807, 2.05) is 0 Å². The fourth-order valence-corrected chi connectivity index (χ4v) is 3.15. The Bertz CT molecular complexity index is 713. The van der Waals surface area contributed by atoms with Crippen LogP contribution in [0.1, 0.15) is 36.0 Å². The molecule has 102 valence electrons. The van der Waals surface area contributed by atoms with Crippen LogP contribution < -0.4 is 5.32 Å². The highest BCUT2D eigenvalue weighted by Crippen LogP contribution is 2.34. The van der Waals surface area contributed by atoms with Gasteiger partial charge in [-0.1, -0.05) is 18.2 Å². The van der Waals surface area contributed by atoms with Gasteiger partial charge in [-0.2, -0.15) is 5.10 Å². The molecule has 5 nitrogen and oxygen atoms in total. The highest BCUT2D eigenvalue weighted by molar-refractivity contribution is 5.85. The minimum Gasteiger partial charge on any atom is -0.357 e. The molecule has 5 heteroatoms. The predicted molar refractivity (Wildman–Crippen MR) is 77.2 cm³/mol. The summed E-state index contributed by atoms with van der Waals surface area (Å²) in [6, 6.07) is 8.93. The fraction of sp³-hybridized carbons (Fsp3) is 0.333.